The van der Waals surface area contributed by atoms with Gasteiger partial charge in [-0.15, -0.1) is 0 Å². The van der Waals surface area contributed by atoms with Crippen LogP contribution in [0, 0.1) is 5.82 Å². The number of aliphatic hydroxyl groups excluding tert-OH is 1. The van der Waals surface area contributed by atoms with Gasteiger partial charge in [0.15, 0.2) is 9.84 Å². The molecule has 0 saturated carbocycles. The van der Waals surface area contributed by atoms with E-state index in [1.54, 1.807) is 0 Å². The van der Waals surface area contributed by atoms with Crippen LogP contribution in [0.1, 0.15) is 5.56 Å². The molecule has 78 valence electrons. The van der Waals surface area contributed by atoms with Gasteiger partial charge in [0.05, 0.1) is 18.1 Å². The van der Waals surface area contributed by atoms with Gasteiger partial charge < -0.3 is 5.11 Å². The molecule has 1 N–H and O–H groups in total. The third-order valence-corrected chi connectivity index (χ3v) is 3.26. The van der Waals surface area contributed by atoms with Crippen LogP contribution < -0.4 is 0 Å². The van der Waals surface area contributed by atoms with Crippen LogP contribution in [-0.2, 0) is 15.6 Å². The summed E-state index contributed by atoms with van der Waals surface area (Å²) >= 11 is 0. The quantitative estimate of drug-likeness (QED) is 0.810. The summed E-state index contributed by atoms with van der Waals surface area (Å²) < 4.78 is 35.1. The average Bonchev–Trinajstić information content (AvgIpc) is 2.02. The fourth-order valence-electron chi connectivity index (χ4n) is 1.09. The molecule has 0 heterocycles. The van der Waals surface area contributed by atoms with Crippen molar-refractivity contribution in [2.24, 2.45) is 0 Å². The van der Waals surface area contributed by atoms with Crippen molar-refractivity contribution in [2.45, 2.75) is 5.75 Å². The van der Waals surface area contributed by atoms with Gasteiger partial charge in [0, 0.05) is 0 Å². The maximum atomic E-state index is 12.7. The number of sulfone groups is 1. The third kappa shape index (κ3) is 3.43. The van der Waals surface area contributed by atoms with E-state index in [4.69, 9.17) is 5.11 Å². The number of benzene rings is 1. The fourth-order valence-corrected chi connectivity index (χ4v) is 2.20. The molecule has 0 radical (unpaired) electrons. The summed E-state index contributed by atoms with van der Waals surface area (Å²) in [5.74, 6) is -0.976. The van der Waals surface area contributed by atoms with Crippen LogP contribution in [0.4, 0.5) is 4.39 Å². The van der Waals surface area contributed by atoms with Crippen LogP contribution >= 0.6 is 0 Å². The first-order valence-electron chi connectivity index (χ1n) is 4.09. The van der Waals surface area contributed by atoms with Crippen molar-refractivity contribution in [1.82, 2.24) is 0 Å². The molecule has 0 aliphatic heterocycles. The summed E-state index contributed by atoms with van der Waals surface area (Å²) in [4.78, 5) is 0. The fraction of sp³-hybridized carbons (Fsp3) is 0.333. The topological polar surface area (TPSA) is 54.4 Å². The van der Waals surface area contributed by atoms with E-state index in [0.29, 0.717) is 5.56 Å². The zero-order valence-corrected chi connectivity index (χ0v) is 8.30. The Bertz CT molecular complexity index is 400. The van der Waals surface area contributed by atoms with Gasteiger partial charge in [-0.05, 0) is 17.7 Å². The van der Waals surface area contributed by atoms with E-state index in [1.165, 1.54) is 24.3 Å². The van der Waals surface area contributed by atoms with Crippen LogP contribution in [0.15, 0.2) is 24.3 Å². The third-order valence-electron chi connectivity index (χ3n) is 1.68. The highest BCUT2D eigenvalue weighted by Gasteiger charge is 2.11. The number of aliphatic hydroxyl groups is 1. The summed E-state index contributed by atoms with van der Waals surface area (Å²) in [7, 11) is -3.32. The van der Waals surface area contributed by atoms with Crippen LogP contribution in [0.2, 0.25) is 0 Å². The average molecular weight is 218 g/mol. The molecule has 0 aliphatic carbocycles. The SMILES string of the molecule is O=S(=O)(CCO)Cc1cccc(F)c1. The molecule has 0 amide bonds. The minimum atomic E-state index is -3.32. The molecule has 14 heavy (non-hydrogen) atoms. The Morgan fingerprint density at radius 1 is 1.36 bits per heavy atom. The zero-order valence-electron chi connectivity index (χ0n) is 7.48. The predicted octanol–water partition coefficient (Wildman–Crippen LogP) is 0.733. The van der Waals surface area contributed by atoms with Gasteiger partial charge >= 0.3 is 0 Å². The number of hydrogen-bond acceptors (Lipinski definition) is 3. The number of rotatable bonds is 4. The molecule has 0 saturated heterocycles. The molecule has 0 fully saturated rings. The zero-order chi connectivity index (χ0) is 10.6. The molecule has 0 atom stereocenters. The second-order valence-electron chi connectivity index (χ2n) is 2.95. The Morgan fingerprint density at radius 3 is 2.64 bits per heavy atom. The van der Waals surface area contributed by atoms with Gasteiger partial charge in [0.25, 0.3) is 0 Å². The summed E-state index contributed by atoms with van der Waals surface area (Å²) in [6.07, 6.45) is 0. The molecule has 0 aliphatic rings. The van der Waals surface area contributed by atoms with Gasteiger partial charge in [-0.2, -0.15) is 0 Å². The van der Waals surface area contributed by atoms with Crippen molar-refractivity contribution in [3.63, 3.8) is 0 Å². The van der Waals surface area contributed by atoms with Gasteiger partial charge in [-0.25, -0.2) is 12.8 Å². The first-order chi connectivity index (χ1) is 6.53. The minimum absolute atomic E-state index is 0.231. The smallest absolute Gasteiger partial charge is 0.156 e. The van der Waals surface area contributed by atoms with Gasteiger partial charge in [-0.3, -0.25) is 0 Å². The van der Waals surface area contributed by atoms with Crippen molar-refractivity contribution in [2.75, 3.05) is 12.4 Å². The molecule has 1 rings (SSSR count). The van der Waals surface area contributed by atoms with Gasteiger partial charge in [0.2, 0.25) is 0 Å². The maximum absolute atomic E-state index is 12.7. The first kappa shape index (κ1) is 11.1. The molecule has 5 heteroatoms. The number of halogens is 1. The van der Waals surface area contributed by atoms with Gasteiger partial charge in [-0.1, -0.05) is 12.1 Å². The molecule has 0 aromatic heterocycles. The standard InChI is InChI=1S/C9H11FO3S/c10-9-3-1-2-8(6-9)7-14(12,13)5-4-11/h1-3,6,11H,4-5,7H2. The highest BCUT2D eigenvalue weighted by atomic mass is 32.2. The van der Waals surface area contributed by atoms with Crippen molar-refractivity contribution < 1.29 is 17.9 Å². The molecule has 0 bridgehead atoms. The Hall–Kier alpha value is -0.940. The summed E-state index contributed by atoms with van der Waals surface area (Å²) in [5.41, 5.74) is 0.401. The van der Waals surface area contributed by atoms with Crippen molar-refractivity contribution in [3.8, 4) is 0 Å². The first-order valence-corrected chi connectivity index (χ1v) is 5.91. The Kier molecular flexibility index (Phi) is 3.60. The predicted molar refractivity (Wildman–Crippen MR) is 51.0 cm³/mol. The van der Waals surface area contributed by atoms with Gasteiger partial charge in [0.1, 0.15) is 5.82 Å². The van der Waals surface area contributed by atoms with E-state index in [2.05, 4.69) is 0 Å². The lowest BCUT2D eigenvalue weighted by Gasteiger charge is -2.02. The second kappa shape index (κ2) is 4.52. The lowest BCUT2D eigenvalue weighted by Crippen LogP contribution is -2.12. The normalized spacial score (nSPS) is 11.6. The minimum Gasteiger partial charge on any atom is -0.395 e. The molecule has 0 unspecified atom stereocenters. The summed E-state index contributed by atoms with van der Waals surface area (Å²) in [6.45, 7) is -0.405. The van der Waals surface area contributed by atoms with Crippen LogP contribution in [0.5, 0.6) is 0 Å². The number of hydrogen-bond donors (Lipinski definition) is 1. The lowest BCUT2D eigenvalue weighted by molar-refractivity contribution is 0.319. The summed E-state index contributed by atoms with van der Waals surface area (Å²) in [6, 6.07) is 5.42. The molecule has 3 nitrogen and oxygen atoms in total. The van der Waals surface area contributed by atoms with Crippen LogP contribution in [0.25, 0.3) is 0 Å². The molecule has 1 aromatic carbocycles. The maximum Gasteiger partial charge on any atom is 0.156 e. The van der Waals surface area contributed by atoms with Crippen LogP contribution in [0.3, 0.4) is 0 Å². The van der Waals surface area contributed by atoms with E-state index in [1.807, 2.05) is 0 Å². The van der Waals surface area contributed by atoms with Crippen molar-refractivity contribution in [1.29, 1.82) is 0 Å². The van der Waals surface area contributed by atoms with E-state index in [9.17, 15) is 12.8 Å². The van der Waals surface area contributed by atoms with Crippen LogP contribution in [-0.4, -0.2) is 25.9 Å². The largest absolute Gasteiger partial charge is 0.395 e. The highest BCUT2D eigenvalue weighted by Crippen LogP contribution is 2.08. The molecule has 1 aromatic rings. The monoisotopic (exact) mass is 218 g/mol. The highest BCUT2D eigenvalue weighted by molar-refractivity contribution is 7.90. The molecular formula is C9H11FO3S. The molecular weight excluding hydrogens is 207 g/mol. The second-order valence-corrected chi connectivity index (χ2v) is 5.13. The van der Waals surface area contributed by atoms with Crippen molar-refractivity contribution >= 4 is 9.84 Å². The van der Waals surface area contributed by atoms with E-state index >= 15 is 0 Å². The van der Waals surface area contributed by atoms with E-state index < -0.39 is 22.3 Å². The Labute approximate surface area is 82.1 Å². The van der Waals surface area contributed by atoms with E-state index in [-0.39, 0.29) is 11.5 Å². The van der Waals surface area contributed by atoms with Crippen molar-refractivity contribution in [3.05, 3.63) is 35.6 Å². The molecule has 0 spiro atoms. The lowest BCUT2D eigenvalue weighted by atomic mass is 10.2. The Morgan fingerprint density at radius 2 is 2.07 bits per heavy atom. The van der Waals surface area contributed by atoms with E-state index in [0.717, 1.165) is 0 Å². The Balaban J connectivity index is 2.79. The summed E-state index contributed by atoms with van der Waals surface area (Å²) in [5, 5.41) is 8.48.